The van der Waals surface area contributed by atoms with Gasteiger partial charge in [-0.2, -0.15) is 0 Å². The summed E-state index contributed by atoms with van der Waals surface area (Å²) in [7, 11) is 0. The molecular weight excluding hydrogens is 342 g/mol. The molecule has 2 atom stereocenters. The summed E-state index contributed by atoms with van der Waals surface area (Å²) < 4.78 is 5.83. The van der Waals surface area contributed by atoms with Gasteiger partial charge in [-0.25, -0.2) is 4.79 Å². The van der Waals surface area contributed by atoms with Crippen molar-refractivity contribution in [1.29, 1.82) is 0 Å². The minimum atomic E-state index is -0.301. The van der Waals surface area contributed by atoms with Crippen LogP contribution in [0.1, 0.15) is 37.2 Å². The monoisotopic (exact) mass is 367 g/mol. The maximum atomic E-state index is 12.1. The number of hydrogen-bond acceptors (Lipinski definition) is 3. The molecular formula is C21H25N3O3. The molecule has 1 heterocycles. The van der Waals surface area contributed by atoms with Crippen molar-refractivity contribution in [2.24, 2.45) is 5.92 Å². The van der Waals surface area contributed by atoms with Crippen LogP contribution >= 0.6 is 0 Å². The van der Waals surface area contributed by atoms with E-state index in [0.29, 0.717) is 42.6 Å². The fraction of sp³-hybridized carbons (Fsp3) is 0.333. The fourth-order valence-corrected chi connectivity index (χ4v) is 2.88. The van der Waals surface area contributed by atoms with Crippen molar-refractivity contribution < 1.29 is 14.0 Å². The number of aryl methyl sites for hydroxylation is 1. The van der Waals surface area contributed by atoms with Crippen molar-refractivity contribution in [3.05, 3.63) is 60.6 Å². The van der Waals surface area contributed by atoms with Crippen LogP contribution in [0.15, 0.2) is 53.5 Å². The zero-order valence-electron chi connectivity index (χ0n) is 15.5. The van der Waals surface area contributed by atoms with Crippen molar-refractivity contribution in [2.75, 3.05) is 17.2 Å². The average Bonchev–Trinajstić information content (AvgIpc) is 3.19. The van der Waals surface area contributed by atoms with Crippen LogP contribution in [-0.4, -0.2) is 18.5 Å². The van der Waals surface area contributed by atoms with Crippen LogP contribution in [0.4, 0.5) is 16.2 Å². The van der Waals surface area contributed by atoms with E-state index in [1.807, 2.05) is 12.1 Å². The van der Waals surface area contributed by atoms with E-state index in [0.717, 1.165) is 11.5 Å². The number of anilines is 2. The zero-order chi connectivity index (χ0) is 19.2. The van der Waals surface area contributed by atoms with Crippen molar-refractivity contribution in [1.82, 2.24) is 5.32 Å². The number of carbonyl (C=O) groups excluding carboxylic acids is 2. The maximum absolute atomic E-state index is 12.1. The van der Waals surface area contributed by atoms with Crippen molar-refractivity contribution in [3.8, 4) is 0 Å². The van der Waals surface area contributed by atoms with Gasteiger partial charge in [0.05, 0.1) is 0 Å². The number of nitrogens with one attached hydrogen (secondary N) is 3. The van der Waals surface area contributed by atoms with E-state index in [9.17, 15) is 9.59 Å². The molecule has 1 aromatic heterocycles. The lowest BCUT2D eigenvalue weighted by Gasteiger charge is -2.08. The summed E-state index contributed by atoms with van der Waals surface area (Å²) in [5, 5.41) is 8.18. The number of carbonyl (C=O) groups is 2. The Morgan fingerprint density at radius 1 is 1.15 bits per heavy atom. The van der Waals surface area contributed by atoms with Gasteiger partial charge in [-0.1, -0.05) is 13.0 Å². The molecule has 0 radical (unpaired) electrons. The zero-order valence-corrected chi connectivity index (χ0v) is 15.5. The highest BCUT2D eigenvalue weighted by atomic mass is 16.3. The summed E-state index contributed by atoms with van der Waals surface area (Å²) in [6.07, 6.45) is 3.73. The fourth-order valence-electron chi connectivity index (χ4n) is 2.88. The minimum absolute atomic E-state index is 0.0721. The van der Waals surface area contributed by atoms with Gasteiger partial charge in [-0.3, -0.25) is 4.79 Å². The van der Waals surface area contributed by atoms with E-state index in [-0.39, 0.29) is 11.9 Å². The third-order valence-corrected chi connectivity index (χ3v) is 4.59. The molecule has 6 nitrogen and oxygen atoms in total. The Hall–Kier alpha value is -3.02. The Morgan fingerprint density at radius 3 is 2.44 bits per heavy atom. The molecule has 1 aliphatic rings. The molecule has 1 saturated carbocycles. The largest absolute Gasteiger partial charge is 0.466 e. The summed E-state index contributed by atoms with van der Waals surface area (Å²) in [5.41, 5.74) is 1.33. The number of hydrogen-bond donors (Lipinski definition) is 3. The number of amides is 3. The molecule has 142 valence electrons. The third-order valence-electron chi connectivity index (χ3n) is 4.59. The smallest absolute Gasteiger partial charge is 0.319 e. The van der Waals surface area contributed by atoms with Crippen LogP contribution in [0, 0.1) is 5.92 Å². The van der Waals surface area contributed by atoms with Crippen molar-refractivity contribution in [2.45, 2.75) is 32.1 Å². The second-order valence-electron chi connectivity index (χ2n) is 6.87. The second kappa shape index (κ2) is 8.58. The van der Waals surface area contributed by atoms with E-state index in [2.05, 4.69) is 29.5 Å². The predicted octanol–water partition coefficient (Wildman–Crippen LogP) is 4.28. The molecule has 0 bridgehead atoms. The first kappa shape index (κ1) is 18.8. The molecule has 2 unspecified atom stereocenters. The Labute approximate surface area is 159 Å². The van der Waals surface area contributed by atoms with Crippen LogP contribution in [0.25, 0.3) is 0 Å². The van der Waals surface area contributed by atoms with Gasteiger partial charge in [-0.15, -0.1) is 6.58 Å². The lowest BCUT2D eigenvalue weighted by molar-refractivity contribution is -0.116. The lowest BCUT2D eigenvalue weighted by Crippen LogP contribution is -2.28. The Bertz CT molecular complexity index is 810. The number of urea groups is 1. The molecule has 1 fully saturated rings. The topological polar surface area (TPSA) is 83.4 Å². The first-order chi connectivity index (χ1) is 13.0. The van der Waals surface area contributed by atoms with Gasteiger partial charge in [0, 0.05) is 36.7 Å². The summed E-state index contributed by atoms with van der Waals surface area (Å²) in [5.74, 6) is 3.08. The van der Waals surface area contributed by atoms with Gasteiger partial charge >= 0.3 is 6.03 Å². The second-order valence-corrected chi connectivity index (χ2v) is 6.87. The van der Waals surface area contributed by atoms with E-state index in [1.54, 1.807) is 30.3 Å². The van der Waals surface area contributed by atoms with Gasteiger partial charge < -0.3 is 20.4 Å². The quantitative estimate of drug-likeness (QED) is 0.609. The lowest BCUT2D eigenvalue weighted by atomic mass is 10.2. The molecule has 27 heavy (non-hydrogen) atoms. The summed E-state index contributed by atoms with van der Waals surface area (Å²) in [6.45, 7) is 6.16. The van der Waals surface area contributed by atoms with Gasteiger partial charge in [0.2, 0.25) is 5.91 Å². The van der Waals surface area contributed by atoms with Crippen LogP contribution in [0.2, 0.25) is 0 Å². The first-order valence-electron chi connectivity index (χ1n) is 9.19. The van der Waals surface area contributed by atoms with Crippen molar-refractivity contribution >= 4 is 23.3 Å². The average molecular weight is 367 g/mol. The Morgan fingerprint density at radius 2 is 1.81 bits per heavy atom. The molecule has 3 rings (SSSR count). The maximum Gasteiger partial charge on any atom is 0.319 e. The predicted molar refractivity (Wildman–Crippen MR) is 106 cm³/mol. The highest BCUT2D eigenvalue weighted by Gasteiger charge is 2.36. The highest BCUT2D eigenvalue weighted by Crippen LogP contribution is 2.47. The molecule has 0 aliphatic heterocycles. The van der Waals surface area contributed by atoms with E-state index >= 15 is 0 Å². The van der Waals surface area contributed by atoms with E-state index in [4.69, 9.17) is 4.42 Å². The van der Waals surface area contributed by atoms with Gasteiger partial charge in [0.15, 0.2) is 0 Å². The molecule has 6 heteroatoms. The molecule has 1 aliphatic carbocycles. The molecule has 1 aromatic carbocycles. The highest BCUT2D eigenvalue weighted by molar-refractivity contribution is 5.92. The van der Waals surface area contributed by atoms with Crippen LogP contribution in [-0.2, 0) is 11.2 Å². The van der Waals surface area contributed by atoms with Gasteiger partial charge in [-0.05, 0) is 48.7 Å². The summed E-state index contributed by atoms with van der Waals surface area (Å²) >= 11 is 0. The summed E-state index contributed by atoms with van der Waals surface area (Å²) in [4.78, 5) is 23.7. The Kier molecular flexibility index (Phi) is 5.96. The molecule has 3 amide bonds. The molecule has 2 aromatic rings. The SMILES string of the molecule is C=CCNC(=O)Nc1ccc(NC(=O)CCc2ccc(C3CC3C)o2)cc1. The molecule has 0 spiro atoms. The first-order valence-corrected chi connectivity index (χ1v) is 9.19. The van der Waals surface area contributed by atoms with E-state index < -0.39 is 0 Å². The van der Waals surface area contributed by atoms with E-state index in [1.165, 1.54) is 6.42 Å². The van der Waals surface area contributed by atoms with Crippen LogP contribution in [0.5, 0.6) is 0 Å². The van der Waals surface area contributed by atoms with Gasteiger partial charge in [0.25, 0.3) is 0 Å². The van der Waals surface area contributed by atoms with Crippen molar-refractivity contribution in [3.63, 3.8) is 0 Å². The summed E-state index contributed by atoms with van der Waals surface area (Å²) in [6, 6.07) is 10.7. The Balaban J connectivity index is 1.43. The third kappa shape index (κ3) is 5.48. The normalized spacial score (nSPS) is 17.8. The molecule has 3 N–H and O–H groups in total. The van der Waals surface area contributed by atoms with Gasteiger partial charge in [0.1, 0.15) is 11.5 Å². The number of furan rings is 1. The molecule has 0 saturated heterocycles. The standard InChI is InChI=1S/C21H25N3O3/c1-3-12-22-21(26)24-16-6-4-15(5-7-16)23-20(25)11-9-17-8-10-19(27-17)18-13-14(18)2/h3-8,10,14,18H,1,9,11-13H2,2H3,(H,23,25)(H2,22,24,26). The van der Waals surface area contributed by atoms with Crippen LogP contribution in [0.3, 0.4) is 0 Å². The number of benzene rings is 1. The van der Waals surface area contributed by atoms with Crippen LogP contribution < -0.4 is 16.0 Å². The minimum Gasteiger partial charge on any atom is -0.466 e. The number of rotatable bonds is 8.